The first-order chi connectivity index (χ1) is 9.55. The number of carbonyl (C=O) groups excluding carboxylic acids is 1. The molecule has 6 nitrogen and oxygen atoms in total. The van der Waals surface area contributed by atoms with E-state index in [4.69, 9.17) is 17.0 Å². The maximum absolute atomic E-state index is 12.2. The van der Waals surface area contributed by atoms with Crippen LogP contribution in [-0.2, 0) is 4.79 Å². The number of nitrogens with two attached hydrogens (primary N) is 2. The largest absolute Gasteiger partial charge is 0.349 e. The van der Waals surface area contributed by atoms with Gasteiger partial charge in [0, 0.05) is 12.3 Å². The van der Waals surface area contributed by atoms with Crippen LogP contribution >= 0.6 is 11.6 Å². The van der Waals surface area contributed by atoms with Crippen LogP contribution in [0, 0.1) is 11.3 Å². The number of hydrogen-bond acceptors (Lipinski definition) is 3. The highest BCUT2D eigenvalue weighted by molar-refractivity contribution is 6.68. The first-order valence-corrected chi connectivity index (χ1v) is 7.08. The van der Waals surface area contributed by atoms with Crippen molar-refractivity contribution < 1.29 is 15.4 Å². The molecule has 2 unspecified atom stereocenters. The Morgan fingerprint density at radius 2 is 2.40 bits per heavy atom. The van der Waals surface area contributed by atoms with Gasteiger partial charge in [0.15, 0.2) is 0 Å². The minimum Gasteiger partial charge on any atom is -0.349 e. The standard InChI is InChI=1S/C13H18ClN5O/c1-7-3-4-9(7)17-13(20)8(6-15)12-18-10(14)5-11(16-2)19-12/h5-7,9,15-16,19H,3-4H2,1-2H3,(H,17,20)/p+2. The van der Waals surface area contributed by atoms with Gasteiger partial charge in [0.1, 0.15) is 10.7 Å². The second-order valence-electron chi connectivity index (χ2n) is 5.09. The minimum absolute atomic E-state index is 0.203. The van der Waals surface area contributed by atoms with Gasteiger partial charge in [-0.3, -0.25) is 10.1 Å². The predicted octanol–water partition coefficient (Wildman–Crippen LogP) is -0.989. The van der Waals surface area contributed by atoms with Crippen molar-refractivity contribution in [2.24, 2.45) is 10.9 Å². The van der Waals surface area contributed by atoms with Crippen molar-refractivity contribution in [1.82, 2.24) is 5.32 Å². The lowest BCUT2D eigenvalue weighted by Crippen LogP contribution is -3.00. The number of hydrogen-bond donors (Lipinski definition) is 4. The van der Waals surface area contributed by atoms with E-state index in [0.29, 0.717) is 16.9 Å². The summed E-state index contributed by atoms with van der Waals surface area (Å²) in [7, 11) is 1.88. The number of nitrogens with zero attached hydrogens (tertiary/aromatic N) is 1. The summed E-state index contributed by atoms with van der Waals surface area (Å²) in [4.78, 5) is 16.4. The number of carbonyl (C=O) groups is 1. The van der Waals surface area contributed by atoms with E-state index >= 15 is 0 Å². The third kappa shape index (κ3) is 3.15. The van der Waals surface area contributed by atoms with Crippen LogP contribution in [0.3, 0.4) is 0 Å². The van der Waals surface area contributed by atoms with Crippen LogP contribution < -0.4 is 16.0 Å². The van der Waals surface area contributed by atoms with E-state index in [2.05, 4.69) is 17.2 Å². The average molecular weight is 298 g/mol. The highest BCUT2D eigenvalue weighted by Gasteiger charge is 2.30. The van der Waals surface area contributed by atoms with Gasteiger partial charge >= 0.3 is 0 Å². The van der Waals surface area contributed by atoms with E-state index < -0.39 is 0 Å². The minimum atomic E-state index is -0.256. The van der Waals surface area contributed by atoms with Crippen molar-refractivity contribution in [3.8, 4) is 0 Å². The third-order valence-electron chi connectivity index (χ3n) is 3.75. The number of rotatable bonds is 4. The van der Waals surface area contributed by atoms with Crippen molar-refractivity contribution in [2.45, 2.75) is 25.8 Å². The molecule has 0 spiro atoms. The summed E-state index contributed by atoms with van der Waals surface area (Å²) in [5.74, 6) is 1.56. The Labute approximate surface area is 122 Å². The van der Waals surface area contributed by atoms with Gasteiger partial charge in [-0.15, -0.1) is 0 Å². The molecule has 6 N–H and O–H groups in total. The molecule has 1 fully saturated rings. The Kier molecular flexibility index (Phi) is 4.69. The fraction of sp³-hybridized carbons (Fsp3) is 0.462. The number of quaternary nitrogens is 2. The molecule has 1 amide bonds. The van der Waals surface area contributed by atoms with Crippen molar-refractivity contribution >= 4 is 28.9 Å². The van der Waals surface area contributed by atoms with Crippen LogP contribution in [0.2, 0.25) is 0 Å². The summed E-state index contributed by atoms with van der Waals surface area (Å²) in [6.07, 6.45) is 4.89. The summed E-state index contributed by atoms with van der Waals surface area (Å²) in [6.45, 7) is 2.11. The lowest BCUT2D eigenvalue weighted by Gasteiger charge is -2.34. The predicted molar refractivity (Wildman–Crippen MR) is 77.3 cm³/mol. The Morgan fingerprint density at radius 1 is 1.65 bits per heavy atom. The molecular formula is C13H20ClN5O+2. The zero-order chi connectivity index (χ0) is 14.7. The highest BCUT2D eigenvalue weighted by Crippen LogP contribution is 2.26. The molecule has 108 valence electrons. The molecule has 2 atom stereocenters. The van der Waals surface area contributed by atoms with Gasteiger partial charge in [-0.2, -0.15) is 4.99 Å². The molecule has 0 radical (unpaired) electrons. The lowest BCUT2D eigenvalue weighted by molar-refractivity contribution is -0.756. The molecule has 1 saturated carbocycles. The highest BCUT2D eigenvalue weighted by atomic mass is 35.5. The van der Waals surface area contributed by atoms with Gasteiger partial charge < -0.3 is 10.7 Å². The molecule has 0 aromatic rings. The summed E-state index contributed by atoms with van der Waals surface area (Å²) in [5.41, 5.74) is 0.245. The fourth-order valence-electron chi connectivity index (χ4n) is 2.20. The summed E-state index contributed by atoms with van der Waals surface area (Å²) < 4.78 is 0. The Bertz CT molecular complexity index is 523. The van der Waals surface area contributed by atoms with Crippen molar-refractivity contribution in [3.63, 3.8) is 0 Å². The Balaban J connectivity index is 2.18. The van der Waals surface area contributed by atoms with Gasteiger partial charge in [-0.25, -0.2) is 5.32 Å². The average Bonchev–Trinajstić information content (AvgIpc) is 2.43. The van der Waals surface area contributed by atoms with Crippen LogP contribution in [0.5, 0.6) is 0 Å². The van der Waals surface area contributed by atoms with E-state index in [1.165, 1.54) is 0 Å². The molecule has 0 bridgehead atoms. The molecule has 2 rings (SSSR count). The van der Waals surface area contributed by atoms with Crippen LogP contribution in [-0.4, -0.2) is 30.4 Å². The summed E-state index contributed by atoms with van der Waals surface area (Å²) >= 11 is 5.95. The molecule has 0 saturated heterocycles. The first kappa shape index (κ1) is 14.9. The summed E-state index contributed by atoms with van der Waals surface area (Å²) in [5, 5.41) is 14.4. The van der Waals surface area contributed by atoms with Gasteiger partial charge in [0.05, 0.1) is 13.1 Å². The van der Waals surface area contributed by atoms with E-state index in [-0.39, 0.29) is 17.5 Å². The second-order valence-corrected chi connectivity index (χ2v) is 5.48. The lowest BCUT2D eigenvalue weighted by atomic mass is 9.81. The van der Waals surface area contributed by atoms with E-state index in [0.717, 1.165) is 24.9 Å². The SMILES string of the molecule is C[NH2+]C1=CC(Cl)=NC(=C(C=N)C(=O)NC2CCC2C)[NH2+]1. The second kappa shape index (κ2) is 6.30. The quantitative estimate of drug-likeness (QED) is 0.389. The summed E-state index contributed by atoms with van der Waals surface area (Å²) in [6, 6.07) is 0.203. The van der Waals surface area contributed by atoms with Gasteiger partial charge in [0.25, 0.3) is 11.7 Å². The monoisotopic (exact) mass is 297 g/mol. The molecule has 1 heterocycles. The first-order valence-electron chi connectivity index (χ1n) is 6.70. The molecule has 0 aromatic heterocycles. The van der Waals surface area contributed by atoms with E-state index in [9.17, 15) is 4.79 Å². The zero-order valence-electron chi connectivity index (χ0n) is 11.6. The maximum atomic E-state index is 12.2. The van der Waals surface area contributed by atoms with Gasteiger partial charge in [-0.05, 0) is 18.8 Å². The number of amides is 1. The van der Waals surface area contributed by atoms with Crippen molar-refractivity contribution in [3.05, 3.63) is 23.3 Å². The number of nitrogens with one attached hydrogen (secondary N) is 2. The topological polar surface area (TPSA) is 98.5 Å². The van der Waals surface area contributed by atoms with Crippen LogP contribution in [0.25, 0.3) is 0 Å². The van der Waals surface area contributed by atoms with Crippen LogP contribution in [0.15, 0.2) is 28.3 Å². The van der Waals surface area contributed by atoms with E-state index in [1.54, 1.807) is 11.4 Å². The maximum Gasteiger partial charge on any atom is 0.297 e. The van der Waals surface area contributed by atoms with Crippen molar-refractivity contribution in [1.29, 1.82) is 5.41 Å². The molecule has 1 aliphatic carbocycles. The van der Waals surface area contributed by atoms with Gasteiger partial charge in [0.2, 0.25) is 5.82 Å². The molecule has 0 aromatic carbocycles. The fourth-order valence-corrected chi connectivity index (χ4v) is 2.42. The number of halogens is 1. The van der Waals surface area contributed by atoms with E-state index in [1.807, 2.05) is 12.4 Å². The molecule has 7 heteroatoms. The Morgan fingerprint density at radius 3 is 2.90 bits per heavy atom. The molecule has 1 aliphatic heterocycles. The smallest absolute Gasteiger partial charge is 0.297 e. The number of aliphatic imine (C=N–C) groups is 1. The van der Waals surface area contributed by atoms with Crippen LogP contribution in [0.4, 0.5) is 0 Å². The molecule has 2 aliphatic rings. The third-order valence-corrected chi connectivity index (χ3v) is 3.94. The van der Waals surface area contributed by atoms with Crippen molar-refractivity contribution in [2.75, 3.05) is 7.05 Å². The Hall–Kier alpha value is -1.50. The normalized spacial score (nSPS) is 27.9. The molecule has 20 heavy (non-hydrogen) atoms. The molecular weight excluding hydrogens is 278 g/mol. The van der Waals surface area contributed by atoms with Crippen LogP contribution in [0.1, 0.15) is 19.8 Å². The number of allylic oxidation sites excluding steroid dienone is 1. The van der Waals surface area contributed by atoms with Gasteiger partial charge in [-0.1, -0.05) is 18.5 Å². The zero-order valence-corrected chi connectivity index (χ0v) is 12.4.